The van der Waals surface area contributed by atoms with Crippen molar-refractivity contribution >= 4 is 63.2 Å². The Hall–Kier alpha value is -5.24. The van der Waals surface area contributed by atoms with E-state index in [0.717, 1.165) is 16.0 Å². The number of halogens is 6. The number of benzene rings is 1. The summed E-state index contributed by atoms with van der Waals surface area (Å²) in [4.78, 5) is 60.4. The van der Waals surface area contributed by atoms with Gasteiger partial charge in [0.25, 0.3) is 5.91 Å². The van der Waals surface area contributed by atoms with Crippen molar-refractivity contribution in [2.75, 3.05) is 49.5 Å². The quantitative estimate of drug-likeness (QED) is 0.115. The lowest BCUT2D eigenvalue weighted by molar-refractivity contribution is -0.197. The number of carbonyl (C=O) groups is 4. The highest BCUT2D eigenvalue weighted by Gasteiger charge is 2.53. The normalized spacial score (nSPS) is 23.9. The number of nitriles is 1. The predicted octanol–water partition coefficient (Wildman–Crippen LogP) is 5.00. The number of imide groups is 1. The van der Waals surface area contributed by atoms with Gasteiger partial charge in [0.15, 0.2) is 10.8 Å². The van der Waals surface area contributed by atoms with Crippen molar-refractivity contribution in [2.45, 2.75) is 101 Å². The largest absolute Gasteiger partial charge is 0.419 e. The summed E-state index contributed by atoms with van der Waals surface area (Å²) in [5.74, 6) is -2.66. The highest BCUT2D eigenvalue weighted by Crippen LogP contribution is 2.41. The van der Waals surface area contributed by atoms with Crippen molar-refractivity contribution in [1.29, 1.82) is 5.26 Å². The van der Waals surface area contributed by atoms with E-state index < -0.39 is 65.4 Å². The van der Waals surface area contributed by atoms with E-state index in [2.05, 4.69) is 20.7 Å². The number of piperazine rings is 1. The molecule has 2 aromatic heterocycles. The smallest absolute Gasteiger partial charge is 0.378 e. The second kappa shape index (κ2) is 17.7. The first kappa shape index (κ1) is 45.8. The first-order chi connectivity index (χ1) is 29.7. The van der Waals surface area contributed by atoms with Gasteiger partial charge in [0, 0.05) is 57.7 Å². The fourth-order valence-electron chi connectivity index (χ4n) is 9.17. The number of thiocarbonyl (C=S) groups is 1. The Kier molecular flexibility index (Phi) is 12.9. The van der Waals surface area contributed by atoms with Crippen LogP contribution in [0.5, 0.6) is 0 Å². The number of anilines is 2. The Morgan fingerprint density at radius 2 is 1.81 bits per heavy atom. The van der Waals surface area contributed by atoms with Gasteiger partial charge in [-0.2, -0.15) is 36.7 Å². The van der Waals surface area contributed by atoms with Gasteiger partial charge < -0.3 is 19.9 Å². The van der Waals surface area contributed by atoms with Crippen LogP contribution in [0.25, 0.3) is 10.9 Å². The summed E-state index contributed by atoms with van der Waals surface area (Å²) < 4.78 is 92.0. The van der Waals surface area contributed by atoms with Crippen molar-refractivity contribution < 1.29 is 50.3 Å². The second-order valence-electron chi connectivity index (χ2n) is 16.8. The molecule has 5 heterocycles. The Balaban J connectivity index is 0.886. The number of hydrogen-bond donors (Lipinski definition) is 2. The van der Waals surface area contributed by atoms with Crippen molar-refractivity contribution in [3.63, 3.8) is 0 Å². The predicted molar refractivity (Wildman–Crippen MR) is 219 cm³/mol. The molecule has 1 saturated carbocycles. The third kappa shape index (κ3) is 9.37. The summed E-state index contributed by atoms with van der Waals surface area (Å²) in [6.07, 6.45) is -5.38. The minimum absolute atomic E-state index is 0.00212. The van der Waals surface area contributed by atoms with Gasteiger partial charge in [-0.15, -0.1) is 0 Å². The molecular formula is C41H46F6N10O5S. The number of alkyl halides is 6. The van der Waals surface area contributed by atoms with Crippen molar-refractivity contribution in [3.05, 3.63) is 47.4 Å². The van der Waals surface area contributed by atoms with E-state index in [-0.39, 0.29) is 54.8 Å². The Morgan fingerprint density at radius 1 is 1.08 bits per heavy atom. The number of nitrogens with one attached hydrogen (secondary N) is 2. The number of rotatable bonds is 11. The van der Waals surface area contributed by atoms with Crippen LogP contribution in [0.1, 0.15) is 81.7 Å². The number of para-hydroxylation sites is 1. The van der Waals surface area contributed by atoms with Gasteiger partial charge in [-0.3, -0.25) is 39.0 Å². The molecule has 15 nitrogen and oxygen atoms in total. The number of aromatic nitrogens is 3. The highest BCUT2D eigenvalue weighted by molar-refractivity contribution is 7.80. The molecule has 1 aliphatic carbocycles. The van der Waals surface area contributed by atoms with E-state index in [4.69, 9.17) is 22.2 Å². The molecule has 3 aromatic rings. The van der Waals surface area contributed by atoms with Crippen LogP contribution in [-0.2, 0) is 37.1 Å². The molecule has 22 heteroatoms. The van der Waals surface area contributed by atoms with Crippen molar-refractivity contribution in [3.8, 4) is 6.07 Å². The van der Waals surface area contributed by atoms with E-state index in [1.165, 1.54) is 10.8 Å². The van der Waals surface area contributed by atoms with Gasteiger partial charge in [0.2, 0.25) is 17.7 Å². The zero-order chi connectivity index (χ0) is 45.6. The van der Waals surface area contributed by atoms with Crippen LogP contribution in [0.4, 0.5) is 37.7 Å². The average molecular weight is 905 g/mol. The zero-order valence-corrected chi connectivity index (χ0v) is 35.5. The molecule has 63 heavy (non-hydrogen) atoms. The molecular weight excluding hydrogens is 859 g/mol. The number of fused-ring (bicyclic) bond motifs is 1. The van der Waals surface area contributed by atoms with Crippen LogP contribution in [0, 0.1) is 11.3 Å². The maximum atomic E-state index is 14.4. The van der Waals surface area contributed by atoms with E-state index >= 15 is 0 Å². The third-order valence-electron chi connectivity index (χ3n) is 12.3. The molecule has 2 N–H and O–H groups in total. The summed E-state index contributed by atoms with van der Waals surface area (Å²) in [7, 11) is 1.63. The molecule has 4 amide bonds. The van der Waals surface area contributed by atoms with Gasteiger partial charge in [-0.05, 0) is 76.7 Å². The van der Waals surface area contributed by atoms with E-state index in [0.29, 0.717) is 80.2 Å². The lowest BCUT2D eigenvalue weighted by atomic mass is 9.89. The van der Waals surface area contributed by atoms with Gasteiger partial charge in [-0.25, -0.2) is 4.98 Å². The van der Waals surface area contributed by atoms with E-state index in [1.807, 2.05) is 0 Å². The topological polar surface area (TPSA) is 169 Å². The van der Waals surface area contributed by atoms with Crippen LogP contribution >= 0.6 is 12.2 Å². The molecule has 0 bridgehead atoms. The van der Waals surface area contributed by atoms with Crippen LogP contribution in [0.15, 0.2) is 30.5 Å². The summed E-state index contributed by atoms with van der Waals surface area (Å²) >= 11 is 5.66. The third-order valence-corrected chi connectivity index (χ3v) is 12.7. The number of aryl methyl sites for hydroxylation is 1. The minimum atomic E-state index is -4.87. The summed E-state index contributed by atoms with van der Waals surface area (Å²) in [5.41, 5.74) is -2.18. The Labute approximate surface area is 363 Å². The molecule has 1 unspecified atom stereocenters. The van der Waals surface area contributed by atoms with Crippen LogP contribution < -0.4 is 15.5 Å². The summed E-state index contributed by atoms with van der Waals surface area (Å²) in [6.45, 7) is 3.41. The molecule has 3 saturated heterocycles. The molecule has 3 aliphatic heterocycles. The molecule has 1 aromatic carbocycles. The molecule has 0 radical (unpaired) electrons. The molecule has 0 spiro atoms. The molecule has 7 rings (SSSR count). The number of hydrogen-bond acceptors (Lipinski definition) is 11. The van der Waals surface area contributed by atoms with Crippen LogP contribution in [0.2, 0.25) is 0 Å². The SMILES string of the molecule is Cn1nc(C2CCC(=O)NC2=O)c2cccc(NC(=O)CN3CCN(CCCO[C@H]4CC[C@H](N5C(=S)N(c6cnc(C#N)c(C(F)(F)F)c6)C(=O)C5(C)C)CC4)C[C@@H]3C(F)(F)F)c21. The Morgan fingerprint density at radius 3 is 2.48 bits per heavy atom. The lowest BCUT2D eigenvalue weighted by Crippen LogP contribution is -2.60. The monoisotopic (exact) mass is 904 g/mol. The molecule has 4 aliphatic rings. The van der Waals surface area contributed by atoms with E-state index in [9.17, 15) is 45.5 Å². The zero-order valence-electron chi connectivity index (χ0n) is 34.7. The standard InChI is InChI=1S/C41H46F6N10O5S/c1-39(2)37(61)56(24-18-28(40(42,43)44)30(19-48)49-20-24)38(63)57(39)23-8-10-25(11-9-23)62-17-5-14-54-15-16-55(31(21-54)41(45,46)47)22-33(59)50-29-7-4-6-26-34(52-53(3)35(26)29)27-12-13-32(58)51-36(27)60/h4,6-7,18,20,23,25,27,31H,5,8-17,21-22H2,1-3H3,(H,50,59)(H,51,58,60)/t23-,25-,27?,31-/m1/s1. The van der Waals surface area contributed by atoms with Gasteiger partial charge in [-0.1, -0.05) is 12.1 Å². The number of ether oxygens (including phenoxy) is 1. The first-order valence-electron chi connectivity index (χ1n) is 20.6. The average Bonchev–Trinajstić information content (AvgIpc) is 3.64. The number of amides is 4. The summed E-state index contributed by atoms with van der Waals surface area (Å²) in [6, 6.07) is 5.04. The van der Waals surface area contributed by atoms with Crippen LogP contribution in [0.3, 0.4) is 0 Å². The molecule has 2 atom stereocenters. The van der Waals surface area contributed by atoms with Crippen molar-refractivity contribution in [2.24, 2.45) is 7.05 Å². The minimum Gasteiger partial charge on any atom is -0.378 e. The highest BCUT2D eigenvalue weighted by atomic mass is 32.1. The number of nitrogens with zero attached hydrogens (tertiary/aromatic N) is 8. The fourth-order valence-corrected chi connectivity index (χ4v) is 9.74. The molecule has 338 valence electrons. The van der Waals surface area contributed by atoms with E-state index in [1.54, 1.807) is 48.9 Å². The number of carbonyl (C=O) groups excluding carboxylic acids is 4. The Bertz CT molecular complexity index is 2340. The van der Waals surface area contributed by atoms with Gasteiger partial charge in [0.1, 0.15) is 17.6 Å². The fraction of sp³-hybridized carbons (Fsp3) is 0.561. The van der Waals surface area contributed by atoms with Gasteiger partial charge >= 0.3 is 12.4 Å². The van der Waals surface area contributed by atoms with Gasteiger partial charge in [0.05, 0.1) is 52.9 Å². The summed E-state index contributed by atoms with van der Waals surface area (Å²) in [5, 5.41) is 19.3. The number of piperidine rings is 1. The first-order valence-corrected chi connectivity index (χ1v) is 21.0. The maximum absolute atomic E-state index is 14.4. The van der Waals surface area contributed by atoms with Crippen molar-refractivity contribution in [1.82, 2.24) is 34.8 Å². The second-order valence-corrected chi connectivity index (χ2v) is 17.2. The maximum Gasteiger partial charge on any atom is 0.419 e. The molecule has 4 fully saturated rings. The van der Waals surface area contributed by atoms with Crippen LogP contribution in [-0.4, -0.2) is 127 Å². The lowest BCUT2D eigenvalue weighted by Gasteiger charge is -2.42. The number of pyridine rings is 1.